The van der Waals surface area contributed by atoms with Crippen LogP contribution >= 0.6 is 23.4 Å². The maximum Gasteiger partial charge on any atom is 0.331 e. The lowest BCUT2D eigenvalue weighted by Gasteiger charge is -2.17. The van der Waals surface area contributed by atoms with E-state index in [1.165, 1.54) is 23.6 Å². The second-order valence-electron chi connectivity index (χ2n) is 6.06. The molecule has 10 nitrogen and oxygen atoms in total. The number of carbonyl (C=O) groups is 1. The molecular weight excluding hydrogens is 398 g/mol. The number of hydrogen-bond donors (Lipinski definition) is 2. The number of halogens is 1. The van der Waals surface area contributed by atoms with Crippen LogP contribution in [0.3, 0.4) is 0 Å². The van der Waals surface area contributed by atoms with Crippen LogP contribution in [0.25, 0.3) is 11.2 Å². The average molecular weight is 418 g/mol. The third kappa shape index (κ3) is 4.16. The summed E-state index contributed by atoms with van der Waals surface area (Å²) in [5.74, 6) is 0.265. The van der Waals surface area contributed by atoms with Gasteiger partial charge in [0.1, 0.15) is 18.8 Å². The minimum absolute atomic E-state index is 0.177. The Morgan fingerprint density at radius 3 is 2.85 bits per heavy atom. The summed E-state index contributed by atoms with van der Waals surface area (Å²) in [4.78, 5) is 19.9. The topological polar surface area (TPSA) is 132 Å². The number of aliphatic hydroxyl groups is 2. The van der Waals surface area contributed by atoms with E-state index in [9.17, 15) is 15.0 Å². The summed E-state index contributed by atoms with van der Waals surface area (Å²) in [5.41, 5.74) is 0.691. The molecule has 2 heterocycles. The molecule has 0 saturated heterocycles. The lowest BCUT2D eigenvalue weighted by molar-refractivity contribution is -0.150. The third-order valence-corrected chi connectivity index (χ3v) is 5.57. The molecule has 2 aromatic heterocycles. The predicted molar refractivity (Wildman–Crippen MR) is 96.6 cm³/mol. The second kappa shape index (κ2) is 8.65. The highest BCUT2D eigenvalue weighted by atomic mass is 35.5. The zero-order chi connectivity index (χ0) is 19.6. The number of rotatable bonds is 7. The van der Waals surface area contributed by atoms with Crippen molar-refractivity contribution in [3.8, 4) is 0 Å². The number of methoxy groups -OCH3 is 1. The lowest BCUT2D eigenvalue weighted by Crippen LogP contribution is -2.34. The van der Waals surface area contributed by atoms with Gasteiger partial charge in [-0.1, -0.05) is 35.5 Å². The van der Waals surface area contributed by atoms with Crippen LogP contribution in [0.4, 0.5) is 0 Å². The molecule has 0 spiro atoms. The molecule has 12 heteroatoms. The van der Waals surface area contributed by atoms with Gasteiger partial charge in [-0.2, -0.15) is 0 Å². The number of hydrogen-bond acceptors (Lipinski definition) is 10. The first-order valence-corrected chi connectivity index (χ1v) is 9.78. The molecule has 4 atom stereocenters. The van der Waals surface area contributed by atoms with E-state index in [-0.39, 0.29) is 18.2 Å². The summed E-state index contributed by atoms with van der Waals surface area (Å²) < 4.78 is 11.3. The van der Waals surface area contributed by atoms with Gasteiger partial charge in [-0.3, -0.25) is 0 Å². The van der Waals surface area contributed by atoms with Crippen LogP contribution in [-0.4, -0.2) is 78.9 Å². The Balaban J connectivity index is 1.85. The Labute approximate surface area is 164 Å². The van der Waals surface area contributed by atoms with Crippen molar-refractivity contribution < 1.29 is 24.5 Å². The van der Waals surface area contributed by atoms with Gasteiger partial charge in [-0.25, -0.2) is 19.4 Å². The fourth-order valence-electron chi connectivity index (χ4n) is 2.87. The molecule has 2 N–H and O–H groups in total. The van der Waals surface area contributed by atoms with Crippen molar-refractivity contribution in [3.05, 3.63) is 5.15 Å². The van der Waals surface area contributed by atoms with Crippen molar-refractivity contribution in [2.75, 3.05) is 19.5 Å². The van der Waals surface area contributed by atoms with Crippen LogP contribution in [0.1, 0.15) is 25.8 Å². The van der Waals surface area contributed by atoms with Gasteiger partial charge in [0.2, 0.25) is 0 Å². The molecule has 27 heavy (non-hydrogen) atoms. The molecule has 1 aliphatic rings. The quantitative estimate of drug-likeness (QED) is 0.285. The second-order valence-corrected chi connectivity index (χ2v) is 7.48. The molecule has 148 valence electrons. The van der Waals surface area contributed by atoms with E-state index in [1.807, 2.05) is 6.92 Å². The highest BCUT2D eigenvalue weighted by Crippen LogP contribution is 2.35. The highest BCUT2D eigenvalue weighted by Gasteiger charge is 2.45. The molecular formula is C15H20ClN5O5S. The van der Waals surface area contributed by atoms with Crippen molar-refractivity contribution in [2.45, 2.75) is 49.3 Å². The number of esters is 1. The molecule has 0 bridgehead atoms. The smallest absolute Gasteiger partial charge is 0.331 e. The van der Waals surface area contributed by atoms with Gasteiger partial charge in [0.05, 0.1) is 19.3 Å². The summed E-state index contributed by atoms with van der Waals surface area (Å²) in [6.45, 7) is 1.73. The molecule has 0 aliphatic heterocycles. The van der Waals surface area contributed by atoms with E-state index >= 15 is 0 Å². The number of ether oxygens (including phenoxy) is 2. The van der Waals surface area contributed by atoms with Crippen molar-refractivity contribution in [3.63, 3.8) is 0 Å². The van der Waals surface area contributed by atoms with Gasteiger partial charge in [-0.15, -0.1) is 5.10 Å². The van der Waals surface area contributed by atoms with Crippen LogP contribution in [0.5, 0.6) is 0 Å². The normalized spacial score (nSPS) is 25.2. The van der Waals surface area contributed by atoms with E-state index in [4.69, 9.17) is 16.3 Å². The zero-order valence-electron chi connectivity index (χ0n) is 14.8. The standard InChI is InChI=1S/C15H20ClN5O5S/c1-3-4-27-15-17-13(16)10-14(18-15)21(20-19-10)7-5-8(12(24)11(7)23)26-6-9(22)25-2/h7-8,11-12,23-24H,3-6H2,1-2H3/t7-,8+,11+,12+/m1/s1. The minimum Gasteiger partial charge on any atom is -0.467 e. The van der Waals surface area contributed by atoms with E-state index in [0.29, 0.717) is 16.3 Å². The van der Waals surface area contributed by atoms with Crippen molar-refractivity contribution in [1.29, 1.82) is 0 Å². The lowest BCUT2D eigenvalue weighted by atomic mass is 10.2. The van der Waals surface area contributed by atoms with Crippen LogP contribution in [0, 0.1) is 0 Å². The van der Waals surface area contributed by atoms with Gasteiger partial charge in [-0.05, 0) is 6.42 Å². The Morgan fingerprint density at radius 1 is 1.37 bits per heavy atom. The van der Waals surface area contributed by atoms with Crippen molar-refractivity contribution in [2.24, 2.45) is 0 Å². The maximum atomic E-state index is 11.3. The van der Waals surface area contributed by atoms with Crippen molar-refractivity contribution in [1.82, 2.24) is 25.0 Å². The molecule has 0 amide bonds. The maximum absolute atomic E-state index is 11.3. The number of fused-ring (bicyclic) bond motifs is 1. The van der Waals surface area contributed by atoms with E-state index in [0.717, 1.165) is 12.2 Å². The monoisotopic (exact) mass is 417 g/mol. The third-order valence-electron chi connectivity index (χ3n) is 4.25. The zero-order valence-corrected chi connectivity index (χ0v) is 16.4. The molecule has 2 aromatic rings. The largest absolute Gasteiger partial charge is 0.467 e. The number of thioether (sulfide) groups is 1. The Hall–Kier alpha value is -1.53. The minimum atomic E-state index is -1.19. The first-order valence-electron chi connectivity index (χ1n) is 8.42. The summed E-state index contributed by atoms with van der Waals surface area (Å²) >= 11 is 7.64. The van der Waals surface area contributed by atoms with Gasteiger partial charge in [0.15, 0.2) is 21.5 Å². The van der Waals surface area contributed by atoms with Gasteiger partial charge in [0, 0.05) is 12.2 Å². The summed E-state index contributed by atoms with van der Waals surface area (Å²) in [7, 11) is 1.24. The van der Waals surface area contributed by atoms with Crippen LogP contribution < -0.4 is 0 Å². The molecule has 3 rings (SSSR count). The first-order chi connectivity index (χ1) is 13.0. The summed E-state index contributed by atoms with van der Waals surface area (Å²) in [6.07, 6.45) is -1.94. The average Bonchev–Trinajstić information content (AvgIpc) is 3.20. The van der Waals surface area contributed by atoms with Gasteiger partial charge in [0.25, 0.3) is 0 Å². The fraction of sp³-hybridized carbons (Fsp3) is 0.667. The fourth-order valence-corrected chi connectivity index (χ4v) is 3.82. The first kappa shape index (κ1) is 20.2. The van der Waals surface area contributed by atoms with Gasteiger partial charge >= 0.3 is 5.97 Å². The Kier molecular flexibility index (Phi) is 6.48. The molecule has 0 radical (unpaired) electrons. The van der Waals surface area contributed by atoms with E-state index in [2.05, 4.69) is 25.0 Å². The number of nitrogens with zero attached hydrogens (tertiary/aromatic N) is 5. The molecule has 0 unspecified atom stereocenters. The number of aliphatic hydroxyl groups excluding tert-OH is 2. The Bertz CT molecular complexity index is 821. The summed E-state index contributed by atoms with van der Waals surface area (Å²) in [5, 5.41) is 29.4. The summed E-state index contributed by atoms with van der Waals surface area (Å²) in [6, 6.07) is -0.636. The van der Waals surface area contributed by atoms with E-state index < -0.39 is 30.3 Å². The highest BCUT2D eigenvalue weighted by molar-refractivity contribution is 7.99. The molecule has 1 aliphatic carbocycles. The predicted octanol–water partition coefficient (Wildman–Crippen LogP) is 0.602. The van der Waals surface area contributed by atoms with Crippen LogP contribution in [0.2, 0.25) is 5.15 Å². The molecule has 1 saturated carbocycles. The Morgan fingerprint density at radius 2 is 2.15 bits per heavy atom. The van der Waals surface area contributed by atoms with Crippen molar-refractivity contribution >= 4 is 40.5 Å². The molecule has 1 fully saturated rings. The van der Waals surface area contributed by atoms with Crippen LogP contribution in [-0.2, 0) is 14.3 Å². The number of aromatic nitrogens is 5. The molecule has 0 aromatic carbocycles. The van der Waals surface area contributed by atoms with Crippen LogP contribution in [0.15, 0.2) is 5.16 Å². The number of carbonyl (C=O) groups excluding carboxylic acids is 1. The SMILES string of the molecule is CCCSc1nc(Cl)c2nnn([C@@H]3C[C@H](OCC(=O)OC)[C@H](O)[C@H]3O)c2n1. The van der Waals surface area contributed by atoms with Gasteiger partial charge < -0.3 is 19.7 Å². The van der Waals surface area contributed by atoms with E-state index in [1.54, 1.807) is 0 Å².